The second kappa shape index (κ2) is 12.4. The number of hydrogen-bond acceptors (Lipinski definition) is 7. The summed E-state index contributed by atoms with van der Waals surface area (Å²) in [5, 5.41) is 0. The van der Waals surface area contributed by atoms with Crippen LogP contribution in [-0.4, -0.2) is 70.8 Å². The monoisotopic (exact) mass is 581 g/mol. The van der Waals surface area contributed by atoms with E-state index in [4.69, 9.17) is 14.5 Å². The highest BCUT2D eigenvalue weighted by Gasteiger charge is 2.30. The van der Waals surface area contributed by atoms with Gasteiger partial charge in [0, 0.05) is 37.3 Å². The number of nitrogens with one attached hydrogen (secondary N) is 1. The molecule has 0 spiro atoms. The topological polar surface area (TPSA) is 97.8 Å². The van der Waals surface area contributed by atoms with Gasteiger partial charge in [-0.25, -0.2) is 22.3 Å². The number of rotatable bonds is 8. The molecule has 0 bridgehead atoms. The van der Waals surface area contributed by atoms with Crippen molar-refractivity contribution < 1.29 is 27.1 Å². The fourth-order valence-corrected chi connectivity index (χ4v) is 6.68. The fourth-order valence-electron chi connectivity index (χ4n) is 5.63. The zero-order valence-electron chi connectivity index (χ0n) is 23.7. The van der Waals surface area contributed by atoms with Crippen molar-refractivity contribution >= 4 is 16.0 Å². The minimum absolute atomic E-state index is 0.130. The second-order valence-electron chi connectivity index (χ2n) is 10.8. The summed E-state index contributed by atoms with van der Waals surface area (Å²) in [4.78, 5) is 20.5. The van der Waals surface area contributed by atoms with Gasteiger partial charge in [-0.1, -0.05) is 32.0 Å². The molecule has 0 radical (unpaired) electrons. The molecule has 0 amide bonds. The van der Waals surface area contributed by atoms with Gasteiger partial charge in [-0.2, -0.15) is 0 Å². The number of benzene rings is 2. The van der Waals surface area contributed by atoms with Gasteiger partial charge in [-0.15, -0.1) is 0 Å². The normalized spacial score (nSPS) is 15.7. The molecule has 0 saturated carbocycles. The molecule has 2 aromatic carbocycles. The Morgan fingerprint density at radius 2 is 1.85 bits per heavy atom. The van der Waals surface area contributed by atoms with Crippen molar-refractivity contribution in [2.45, 2.75) is 43.9 Å². The number of aryl methyl sites for hydroxylation is 1. The molecule has 0 atom stereocenters. The summed E-state index contributed by atoms with van der Waals surface area (Å²) in [5.74, 6) is -1.01. The number of methoxy groups -OCH3 is 1. The first-order valence-electron chi connectivity index (χ1n) is 14.0. The summed E-state index contributed by atoms with van der Waals surface area (Å²) < 4.78 is 54.0. The third-order valence-electron chi connectivity index (χ3n) is 7.74. The average molecular weight is 582 g/mol. The van der Waals surface area contributed by atoms with Gasteiger partial charge in [-0.05, 0) is 66.1 Å². The number of fused-ring (bicyclic) bond motifs is 3. The Morgan fingerprint density at radius 3 is 2.54 bits per heavy atom. The van der Waals surface area contributed by atoms with Gasteiger partial charge in [0.15, 0.2) is 0 Å². The van der Waals surface area contributed by atoms with Crippen molar-refractivity contribution in [1.29, 1.82) is 0 Å². The van der Waals surface area contributed by atoms with Crippen LogP contribution in [0.3, 0.4) is 0 Å². The molecule has 1 N–H and O–H groups in total. The molecular weight excluding hydrogens is 545 g/mol. The summed E-state index contributed by atoms with van der Waals surface area (Å²) in [5.41, 5.74) is 5.47. The largest absolute Gasteiger partial charge is 0.465 e. The number of nitrogens with zero attached hydrogens (tertiary/aromatic N) is 2. The minimum Gasteiger partial charge on any atom is -0.465 e. The zero-order chi connectivity index (χ0) is 29.1. The molecule has 8 nitrogen and oxygen atoms in total. The maximum Gasteiger partial charge on any atom is 0.340 e. The van der Waals surface area contributed by atoms with Crippen molar-refractivity contribution in [3.8, 4) is 22.4 Å². The molecule has 1 saturated heterocycles. The lowest BCUT2D eigenvalue weighted by atomic mass is 9.87. The summed E-state index contributed by atoms with van der Waals surface area (Å²) in [6.07, 6.45) is 2.12. The molecule has 41 heavy (non-hydrogen) atoms. The van der Waals surface area contributed by atoms with Gasteiger partial charge in [0.05, 0.1) is 42.2 Å². The molecular formula is C31H36FN3O5S. The van der Waals surface area contributed by atoms with E-state index in [0.29, 0.717) is 60.8 Å². The van der Waals surface area contributed by atoms with E-state index in [-0.39, 0.29) is 16.6 Å². The first kappa shape index (κ1) is 29.3. The van der Waals surface area contributed by atoms with Crippen LogP contribution in [0.15, 0.2) is 47.4 Å². The Labute approximate surface area is 240 Å². The van der Waals surface area contributed by atoms with Gasteiger partial charge >= 0.3 is 5.97 Å². The van der Waals surface area contributed by atoms with E-state index in [1.165, 1.54) is 19.2 Å². The van der Waals surface area contributed by atoms with Crippen molar-refractivity contribution in [3.05, 3.63) is 70.7 Å². The SMILES string of the molecule is COC(=O)c1c(C(C)C)nc2c(c1-c1ccc(F)cc1)CCCc1ccc(S(=O)(=O)NCCN3CCOCC3)cc1-2. The number of morpholine rings is 1. The molecule has 2 heterocycles. The van der Waals surface area contributed by atoms with Crippen molar-refractivity contribution in [2.75, 3.05) is 46.5 Å². The van der Waals surface area contributed by atoms with Crippen molar-refractivity contribution in [1.82, 2.24) is 14.6 Å². The Morgan fingerprint density at radius 1 is 1.12 bits per heavy atom. The Kier molecular flexibility index (Phi) is 8.84. The molecule has 1 aliphatic carbocycles. The van der Waals surface area contributed by atoms with Crippen LogP contribution in [0.1, 0.15) is 53.4 Å². The van der Waals surface area contributed by atoms with Crippen LogP contribution >= 0.6 is 0 Å². The maximum atomic E-state index is 13.9. The van der Waals surface area contributed by atoms with Crippen molar-refractivity contribution in [2.24, 2.45) is 0 Å². The molecule has 3 aromatic rings. The van der Waals surface area contributed by atoms with Crippen LogP contribution in [0.25, 0.3) is 22.4 Å². The number of esters is 1. The number of hydrogen-bond donors (Lipinski definition) is 1. The van der Waals surface area contributed by atoms with E-state index in [1.54, 1.807) is 24.3 Å². The standard InChI is InChI=1S/C31H36FN3O5S/c1-20(2)29-28(31(36)39-3)27(22-7-10-23(32)11-8-22)25-6-4-5-21-9-12-24(19-26(21)30(25)34-29)41(37,38)33-13-14-35-15-17-40-18-16-35/h7-12,19-20,33H,4-6,13-18H2,1-3H3. The molecule has 10 heteroatoms. The summed E-state index contributed by atoms with van der Waals surface area (Å²) in [6.45, 7) is 7.67. The number of ether oxygens (including phenoxy) is 2. The smallest absolute Gasteiger partial charge is 0.340 e. The van der Waals surface area contributed by atoms with E-state index in [9.17, 15) is 17.6 Å². The molecule has 5 rings (SSSR count). The lowest BCUT2D eigenvalue weighted by Gasteiger charge is -2.26. The van der Waals surface area contributed by atoms with E-state index in [2.05, 4.69) is 9.62 Å². The fraction of sp³-hybridized carbons (Fsp3) is 0.419. The number of aromatic nitrogens is 1. The number of pyridine rings is 1. The minimum atomic E-state index is -3.78. The number of carbonyl (C=O) groups is 1. The maximum absolute atomic E-state index is 13.9. The first-order chi connectivity index (χ1) is 19.7. The zero-order valence-corrected chi connectivity index (χ0v) is 24.5. The van der Waals surface area contributed by atoms with E-state index >= 15 is 0 Å². The molecule has 1 aliphatic heterocycles. The molecule has 2 aliphatic rings. The van der Waals surface area contributed by atoms with E-state index in [1.807, 2.05) is 19.9 Å². The van der Waals surface area contributed by atoms with Gasteiger partial charge in [0.2, 0.25) is 10.0 Å². The first-order valence-corrected chi connectivity index (χ1v) is 15.5. The third-order valence-corrected chi connectivity index (χ3v) is 9.20. The van der Waals surface area contributed by atoms with Crippen LogP contribution in [0.4, 0.5) is 4.39 Å². The highest BCUT2D eigenvalue weighted by atomic mass is 32.2. The highest BCUT2D eigenvalue weighted by molar-refractivity contribution is 7.89. The Bertz CT molecular complexity index is 1530. The van der Waals surface area contributed by atoms with Crippen LogP contribution in [0.5, 0.6) is 0 Å². The number of sulfonamides is 1. The molecule has 1 aromatic heterocycles. The van der Waals surface area contributed by atoms with E-state index in [0.717, 1.165) is 42.6 Å². The second-order valence-corrected chi connectivity index (χ2v) is 12.5. The predicted molar refractivity (Wildman–Crippen MR) is 155 cm³/mol. The summed E-state index contributed by atoms with van der Waals surface area (Å²) in [6, 6.07) is 11.3. The Balaban J connectivity index is 1.62. The lowest BCUT2D eigenvalue weighted by molar-refractivity contribution is 0.0390. The highest BCUT2D eigenvalue weighted by Crippen LogP contribution is 2.42. The Hall–Kier alpha value is -3.18. The quantitative estimate of drug-likeness (QED) is 0.390. The van der Waals surface area contributed by atoms with Crippen LogP contribution in [-0.2, 0) is 32.3 Å². The molecule has 218 valence electrons. The van der Waals surface area contributed by atoms with Gasteiger partial charge in [0.25, 0.3) is 0 Å². The molecule has 1 fully saturated rings. The third kappa shape index (κ3) is 6.21. The summed E-state index contributed by atoms with van der Waals surface area (Å²) in [7, 11) is -2.44. The molecule has 0 unspecified atom stereocenters. The summed E-state index contributed by atoms with van der Waals surface area (Å²) >= 11 is 0. The lowest BCUT2D eigenvalue weighted by Crippen LogP contribution is -2.41. The van der Waals surface area contributed by atoms with E-state index < -0.39 is 16.0 Å². The van der Waals surface area contributed by atoms with Gasteiger partial charge in [-0.3, -0.25) is 9.88 Å². The average Bonchev–Trinajstić information content (AvgIpc) is 3.15. The van der Waals surface area contributed by atoms with Crippen molar-refractivity contribution in [3.63, 3.8) is 0 Å². The van der Waals surface area contributed by atoms with Crippen LogP contribution in [0.2, 0.25) is 0 Å². The number of carbonyl (C=O) groups excluding carboxylic acids is 1. The van der Waals surface area contributed by atoms with Crippen LogP contribution < -0.4 is 4.72 Å². The van der Waals surface area contributed by atoms with Gasteiger partial charge in [0.1, 0.15) is 5.82 Å². The van der Waals surface area contributed by atoms with Crippen LogP contribution in [0, 0.1) is 5.82 Å². The number of halogens is 1. The predicted octanol–water partition coefficient (Wildman–Crippen LogP) is 4.56. The van der Waals surface area contributed by atoms with Gasteiger partial charge < -0.3 is 9.47 Å².